The van der Waals surface area contributed by atoms with Crippen LogP contribution in [0.1, 0.15) is 40.5 Å². The van der Waals surface area contributed by atoms with E-state index in [-0.39, 0.29) is 23.9 Å². The Bertz CT molecular complexity index is 285. The molecule has 0 N–H and O–H groups in total. The summed E-state index contributed by atoms with van der Waals surface area (Å²) in [6.07, 6.45) is 3.27. The van der Waals surface area contributed by atoms with Crippen LogP contribution < -0.4 is 0 Å². The van der Waals surface area contributed by atoms with E-state index in [9.17, 15) is 0 Å². The number of hydrogen-bond donors (Lipinski definition) is 0. The topological polar surface area (TPSA) is 36.9 Å². The first kappa shape index (κ1) is 13.8. The van der Waals surface area contributed by atoms with Crippen LogP contribution in [0, 0.1) is 0 Å². The first-order valence-corrected chi connectivity index (χ1v) is 6.59. The molecule has 2 fully saturated rings. The summed E-state index contributed by atoms with van der Waals surface area (Å²) < 4.78 is 23.1. The standard InChI is InChI=1S/C14H24O4/c1-6-15-12(10-7-8-13(2,3)17-10)11-9-16-14(4,5)18-11/h6,10-12H,1,7-9H2,2-5H3. The van der Waals surface area contributed by atoms with Crippen molar-refractivity contribution in [2.45, 2.75) is 70.2 Å². The Hall–Kier alpha value is -0.580. The van der Waals surface area contributed by atoms with Crippen LogP contribution in [-0.4, -0.2) is 36.3 Å². The summed E-state index contributed by atoms with van der Waals surface area (Å²) >= 11 is 0. The molecule has 0 aliphatic carbocycles. The Morgan fingerprint density at radius 2 is 1.94 bits per heavy atom. The minimum Gasteiger partial charge on any atom is -0.493 e. The smallest absolute Gasteiger partial charge is 0.163 e. The molecule has 3 unspecified atom stereocenters. The molecule has 0 aromatic carbocycles. The van der Waals surface area contributed by atoms with Gasteiger partial charge in [-0.05, 0) is 40.5 Å². The Labute approximate surface area is 109 Å². The second-order valence-electron chi connectivity index (χ2n) is 6.09. The van der Waals surface area contributed by atoms with Gasteiger partial charge in [-0.15, -0.1) is 0 Å². The zero-order chi connectivity index (χ0) is 13.4. The predicted octanol–water partition coefficient (Wildman–Crippen LogP) is 2.62. The van der Waals surface area contributed by atoms with E-state index in [0.29, 0.717) is 6.61 Å². The normalized spacial score (nSPS) is 35.3. The van der Waals surface area contributed by atoms with Crippen molar-refractivity contribution in [3.8, 4) is 0 Å². The second kappa shape index (κ2) is 4.83. The molecule has 0 bridgehead atoms. The van der Waals surface area contributed by atoms with E-state index < -0.39 is 5.79 Å². The Balaban J connectivity index is 2.03. The zero-order valence-electron chi connectivity index (χ0n) is 11.8. The van der Waals surface area contributed by atoms with Gasteiger partial charge in [0.1, 0.15) is 6.10 Å². The largest absolute Gasteiger partial charge is 0.493 e. The Morgan fingerprint density at radius 1 is 1.22 bits per heavy atom. The van der Waals surface area contributed by atoms with Crippen LogP contribution in [0.3, 0.4) is 0 Å². The average Bonchev–Trinajstić information content (AvgIpc) is 2.78. The van der Waals surface area contributed by atoms with Crippen molar-refractivity contribution >= 4 is 0 Å². The van der Waals surface area contributed by atoms with Gasteiger partial charge in [0, 0.05) is 0 Å². The minimum atomic E-state index is -0.540. The summed E-state index contributed by atoms with van der Waals surface area (Å²) in [6, 6.07) is 0. The van der Waals surface area contributed by atoms with Crippen LogP contribution >= 0.6 is 0 Å². The highest BCUT2D eigenvalue weighted by Gasteiger charge is 2.45. The van der Waals surface area contributed by atoms with Crippen LogP contribution in [0.4, 0.5) is 0 Å². The molecule has 0 radical (unpaired) electrons. The van der Waals surface area contributed by atoms with Gasteiger partial charge in [-0.25, -0.2) is 0 Å². The van der Waals surface area contributed by atoms with Crippen LogP contribution in [-0.2, 0) is 18.9 Å². The van der Waals surface area contributed by atoms with E-state index in [4.69, 9.17) is 18.9 Å². The van der Waals surface area contributed by atoms with Crippen LogP contribution in [0.15, 0.2) is 12.8 Å². The fourth-order valence-corrected chi connectivity index (χ4v) is 2.65. The van der Waals surface area contributed by atoms with Crippen molar-refractivity contribution in [2.24, 2.45) is 0 Å². The quantitative estimate of drug-likeness (QED) is 0.725. The molecule has 2 rings (SSSR count). The molecule has 2 aliphatic heterocycles. The molecule has 0 aromatic rings. The lowest BCUT2D eigenvalue weighted by molar-refractivity contribution is -0.168. The van der Waals surface area contributed by atoms with Gasteiger partial charge >= 0.3 is 0 Å². The van der Waals surface area contributed by atoms with E-state index in [1.165, 1.54) is 6.26 Å². The average molecular weight is 256 g/mol. The molecule has 0 aromatic heterocycles. The van der Waals surface area contributed by atoms with Crippen molar-refractivity contribution in [1.82, 2.24) is 0 Å². The summed E-state index contributed by atoms with van der Waals surface area (Å²) in [5.41, 5.74) is -0.0809. The van der Waals surface area contributed by atoms with Crippen molar-refractivity contribution in [1.29, 1.82) is 0 Å². The minimum absolute atomic E-state index is 0.0421. The maximum Gasteiger partial charge on any atom is 0.163 e. The first-order chi connectivity index (χ1) is 8.33. The third-order valence-electron chi connectivity index (χ3n) is 3.52. The fraction of sp³-hybridized carbons (Fsp3) is 0.857. The molecule has 0 amide bonds. The first-order valence-electron chi connectivity index (χ1n) is 6.59. The van der Waals surface area contributed by atoms with Crippen molar-refractivity contribution < 1.29 is 18.9 Å². The third-order valence-corrected chi connectivity index (χ3v) is 3.52. The van der Waals surface area contributed by atoms with E-state index in [1.807, 2.05) is 13.8 Å². The molecule has 18 heavy (non-hydrogen) atoms. The lowest BCUT2D eigenvalue weighted by Gasteiger charge is -2.29. The van der Waals surface area contributed by atoms with Crippen LogP contribution in [0.2, 0.25) is 0 Å². The van der Waals surface area contributed by atoms with Gasteiger partial charge in [-0.1, -0.05) is 6.58 Å². The highest BCUT2D eigenvalue weighted by Crippen LogP contribution is 2.36. The third kappa shape index (κ3) is 3.05. The lowest BCUT2D eigenvalue weighted by Crippen LogP contribution is -2.42. The van der Waals surface area contributed by atoms with Crippen molar-refractivity contribution in [3.05, 3.63) is 12.8 Å². The summed E-state index contributed by atoms with van der Waals surface area (Å²) in [4.78, 5) is 0. The summed E-state index contributed by atoms with van der Waals surface area (Å²) in [5.74, 6) is -0.540. The Morgan fingerprint density at radius 3 is 2.39 bits per heavy atom. The van der Waals surface area contributed by atoms with Gasteiger partial charge in [0.15, 0.2) is 11.9 Å². The number of hydrogen-bond acceptors (Lipinski definition) is 4. The van der Waals surface area contributed by atoms with Gasteiger partial charge in [0.25, 0.3) is 0 Å². The van der Waals surface area contributed by atoms with Crippen molar-refractivity contribution in [3.63, 3.8) is 0 Å². The molecule has 4 heteroatoms. The van der Waals surface area contributed by atoms with Gasteiger partial charge in [0.2, 0.25) is 0 Å². The summed E-state index contributed by atoms with van der Waals surface area (Å²) in [7, 11) is 0. The van der Waals surface area contributed by atoms with E-state index in [1.54, 1.807) is 0 Å². The molecular formula is C14H24O4. The molecule has 0 saturated carbocycles. The van der Waals surface area contributed by atoms with Crippen molar-refractivity contribution in [2.75, 3.05) is 6.61 Å². The predicted molar refractivity (Wildman–Crippen MR) is 68.2 cm³/mol. The van der Waals surface area contributed by atoms with Crippen LogP contribution in [0.25, 0.3) is 0 Å². The van der Waals surface area contributed by atoms with E-state index >= 15 is 0 Å². The SMILES string of the molecule is C=COC(C1CCC(C)(C)O1)C1COC(C)(C)O1. The van der Waals surface area contributed by atoms with E-state index in [2.05, 4.69) is 20.4 Å². The maximum absolute atomic E-state index is 6.04. The molecule has 4 nitrogen and oxygen atoms in total. The van der Waals surface area contributed by atoms with Gasteiger partial charge < -0.3 is 18.9 Å². The summed E-state index contributed by atoms with van der Waals surface area (Å²) in [5, 5.41) is 0. The highest BCUT2D eigenvalue weighted by atomic mass is 16.8. The molecule has 2 aliphatic rings. The molecular weight excluding hydrogens is 232 g/mol. The maximum atomic E-state index is 6.04. The summed E-state index contributed by atoms with van der Waals surface area (Å²) in [6.45, 7) is 12.2. The lowest BCUT2D eigenvalue weighted by atomic mass is 10.0. The molecule has 104 valence electrons. The molecule has 3 atom stereocenters. The zero-order valence-corrected chi connectivity index (χ0v) is 11.8. The molecule has 0 spiro atoms. The van der Waals surface area contributed by atoms with Gasteiger partial charge in [-0.3, -0.25) is 0 Å². The number of ether oxygens (including phenoxy) is 4. The second-order valence-corrected chi connectivity index (χ2v) is 6.09. The Kier molecular flexibility index (Phi) is 3.72. The monoisotopic (exact) mass is 256 g/mol. The van der Waals surface area contributed by atoms with Gasteiger partial charge in [0.05, 0.1) is 24.6 Å². The van der Waals surface area contributed by atoms with E-state index in [0.717, 1.165) is 12.8 Å². The molecule has 2 heterocycles. The fourth-order valence-electron chi connectivity index (χ4n) is 2.65. The molecule has 2 saturated heterocycles. The number of rotatable bonds is 4. The van der Waals surface area contributed by atoms with Gasteiger partial charge in [-0.2, -0.15) is 0 Å². The highest BCUT2D eigenvalue weighted by molar-refractivity contribution is 4.92. The van der Waals surface area contributed by atoms with Crippen LogP contribution in [0.5, 0.6) is 0 Å².